The Morgan fingerprint density at radius 2 is 1.97 bits per heavy atom. The highest BCUT2D eigenvalue weighted by molar-refractivity contribution is 7.15. The number of carbonyl (C=O) groups excluding carboxylic acids is 1. The van der Waals surface area contributed by atoms with Gasteiger partial charge in [-0.05, 0) is 42.5 Å². The van der Waals surface area contributed by atoms with Crippen molar-refractivity contribution in [2.45, 2.75) is 6.61 Å². The molecule has 2 aromatic heterocycles. The molecule has 1 aliphatic heterocycles. The molecule has 0 unspecified atom stereocenters. The van der Waals surface area contributed by atoms with E-state index in [1.54, 1.807) is 48.7 Å². The van der Waals surface area contributed by atoms with Crippen molar-refractivity contribution in [3.63, 3.8) is 0 Å². The van der Waals surface area contributed by atoms with Crippen LogP contribution in [0.4, 0.5) is 5.69 Å². The molecule has 3 heterocycles. The number of benzene rings is 2. The topological polar surface area (TPSA) is 91.2 Å². The number of fused-ring (bicyclic) bond motifs is 2. The number of anilines is 1. The number of hydrogen-bond donors (Lipinski definition) is 1. The Morgan fingerprint density at radius 1 is 1.13 bits per heavy atom. The van der Waals surface area contributed by atoms with Gasteiger partial charge in [0, 0.05) is 28.9 Å². The fourth-order valence-corrected chi connectivity index (χ4v) is 3.73. The summed E-state index contributed by atoms with van der Waals surface area (Å²) in [6.07, 6.45) is 1.69. The predicted molar refractivity (Wildman–Crippen MR) is 111 cm³/mol. The molecule has 0 aliphatic carbocycles. The molecule has 1 N–H and O–H groups in total. The van der Waals surface area contributed by atoms with Crippen molar-refractivity contribution in [3.05, 3.63) is 81.7 Å². The van der Waals surface area contributed by atoms with Crippen LogP contribution >= 0.6 is 11.3 Å². The summed E-state index contributed by atoms with van der Waals surface area (Å²) >= 11 is 1.39. The Labute approximate surface area is 174 Å². The summed E-state index contributed by atoms with van der Waals surface area (Å²) in [5.74, 6) is 1.53. The van der Waals surface area contributed by atoms with Gasteiger partial charge in [0.1, 0.15) is 12.4 Å². The molecule has 0 saturated heterocycles. The van der Waals surface area contributed by atoms with E-state index in [1.165, 1.54) is 21.8 Å². The van der Waals surface area contributed by atoms with Gasteiger partial charge in [0.25, 0.3) is 11.5 Å². The molecule has 9 heteroatoms. The van der Waals surface area contributed by atoms with E-state index in [-0.39, 0.29) is 24.9 Å². The molecule has 0 radical (unpaired) electrons. The van der Waals surface area contributed by atoms with Gasteiger partial charge in [0.05, 0.1) is 5.69 Å². The second-order valence-electron chi connectivity index (χ2n) is 6.48. The van der Waals surface area contributed by atoms with Gasteiger partial charge in [-0.25, -0.2) is 4.98 Å². The van der Waals surface area contributed by atoms with Gasteiger partial charge < -0.3 is 19.5 Å². The standard InChI is InChI=1S/C21H15N3O5S/c25-19-10-15(23-21-24(19)7-8-30-21)11-27-16-4-2-14(3-5-16)22-20(26)13-1-6-17-18(9-13)29-12-28-17/h1-10H,11-12H2,(H,22,26). The van der Waals surface area contributed by atoms with Gasteiger partial charge in [0.15, 0.2) is 16.5 Å². The molecule has 1 aliphatic rings. The number of nitrogens with one attached hydrogen (secondary N) is 1. The molecule has 0 bridgehead atoms. The molecule has 4 aromatic rings. The largest absolute Gasteiger partial charge is 0.487 e. The molecule has 2 aromatic carbocycles. The zero-order chi connectivity index (χ0) is 20.5. The quantitative estimate of drug-likeness (QED) is 0.532. The first-order valence-electron chi connectivity index (χ1n) is 9.05. The summed E-state index contributed by atoms with van der Waals surface area (Å²) < 4.78 is 17.8. The van der Waals surface area contributed by atoms with Crippen LogP contribution in [0.5, 0.6) is 17.2 Å². The average Bonchev–Trinajstić information content (AvgIpc) is 3.42. The van der Waals surface area contributed by atoms with Crippen LogP contribution < -0.4 is 25.1 Å². The first-order chi connectivity index (χ1) is 14.7. The zero-order valence-electron chi connectivity index (χ0n) is 15.5. The lowest BCUT2D eigenvalue weighted by atomic mass is 10.2. The molecule has 150 valence electrons. The van der Waals surface area contributed by atoms with E-state index in [2.05, 4.69) is 10.3 Å². The van der Waals surface area contributed by atoms with Crippen molar-refractivity contribution in [1.29, 1.82) is 0 Å². The Balaban J connectivity index is 1.23. The number of hydrogen-bond acceptors (Lipinski definition) is 7. The summed E-state index contributed by atoms with van der Waals surface area (Å²) in [6, 6.07) is 13.5. The van der Waals surface area contributed by atoms with Gasteiger partial charge in [-0.2, -0.15) is 0 Å². The molecule has 1 amide bonds. The van der Waals surface area contributed by atoms with Crippen LogP contribution in [0.15, 0.2) is 64.9 Å². The summed E-state index contributed by atoms with van der Waals surface area (Å²) in [5, 5.41) is 4.64. The van der Waals surface area contributed by atoms with E-state index in [9.17, 15) is 9.59 Å². The highest BCUT2D eigenvalue weighted by Gasteiger charge is 2.16. The van der Waals surface area contributed by atoms with Crippen molar-refractivity contribution >= 4 is 27.9 Å². The minimum absolute atomic E-state index is 0.138. The summed E-state index contributed by atoms with van der Waals surface area (Å²) in [4.78, 5) is 29.5. The van der Waals surface area contributed by atoms with Crippen molar-refractivity contribution < 1.29 is 19.0 Å². The first kappa shape index (κ1) is 18.2. The monoisotopic (exact) mass is 421 g/mol. The maximum Gasteiger partial charge on any atom is 0.258 e. The third kappa shape index (κ3) is 3.58. The van der Waals surface area contributed by atoms with E-state index in [4.69, 9.17) is 14.2 Å². The van der Waals surface area contributed by atoms with E-state index in [0.717, 1.165) is 0 Å². The van der Waals surface area contributed by atoms with Crippen LogP contribution in [0.25, 0.3) is 4.96 Å². The minimum Gasteiger partial charge on any atom is -0.487 e. The Hall–Kier alpha value is -3.85. The second-order valence-corrected chi connectivity index (χ2v) is 7.35. The minimum atomic E-state index is -0.254. The van der Waals surface area contributed by atoms with Crippen LogP contribution in [0.1, 0.15) is 16.1 Å². The van der Waals surface area contributed by atoms with Crippen LogP contribution in [0.3, 0.4) is 0 Å². The lowest BCUT2D eigenvalue weighted by molar-refractivity contribution is 0.102. The molecule has 5 rings (SSSR count). The van der Waals surface area contributed by atoms with E-state index >= 15 is 0 Å². The number of rotatable bonds is 5. The molecule has 8 nitrogen and oxygen atoms in total. The van der Waals surface area contributed by atoms with Crippen molar-refractivity contribution in [2.75, 3.05) is 12.1 Å². The van der Waals surface area contributed by atoms with Crippen LogP contribution in [-0.4, -0.2) is 22.1 Å². The number of nitrogens with zero attached hydrogens (tertiary/aromatic N) is 2. The van der Waals surface area contributed by atoms with Gasteiger partial charge in [-0.3, -0.25) is 14.0 Å². The smallest absolute Gasteiger partial charge is 0.258 e. The lowest BCUT2D eigenvalue weighted by Gasteiger charge is -2.09. The lowest BCUT2D eigenvalue weighted by Crippen LogP contribution is -2.14. The van der Waals surface area contributed by atoms with Gasteiger partial charge in [-0.1, -0.05) is 0 Å². The Kier molecular flexibility index (Phi) is 4.56. The van der Waals surface area contributed by atoms with Gasteiger partial charge >= 0.3 is 0 Å². The molecular weight excluding hydrogens is 406 g/mol. The van der Waals surface area contributed by atoms with Crippen molar-refractivity contribution in [1.82, 2.24) is 9.38 Å². The second kappa shape index (κ2) is 7.53. The molecule has 30 heavy (non-hydrogen) atoms. The zero-order valence-corrected chi connectivity index (χ0v) is 16.3. The third-order valence-electron chi connectivity index (χ3n) is 4.49. The maximum absolute atomic E-state index is 12.4. The highest BCUT2D eigenvalue weighted by atomic mass is 32.1. The Morgan fingerprint density at radius 3 is 2.83 bits per heavy atom. The average molecular weight is 421 g/mol. The number of ether oxygens (including phenoxy) is 3. The van der Waals surface area contributed by atoms with E-state index in [0.29, 0.717) is 39.2 Å². The van der Waals surface area contributed by atoms with Crippen LogP contribution in [0.2, 0.25) is 0 Å². The normalized spacial score (nSPS) is 12.1. The number of carbonyl (C=O) groups is 1. The van der Waals surface area contributed by atoms with Crippen molar-refractivity contribution in [3.8, 4) is 17.2 Å². The fourth-order valence-electron chi connectivity index (χ4n) is 2.99. The number of aromatic nitrogens is 2. The molecule has 0 atom stereocenters. The SMILES string of the molecule is O=C(Nc1ccc(OCc2cc(=O)n3ccsc3n2)cc1)c1ccc2c(c1)OCO2. The van der Waals surface area contributed by atoms with Crippen LogP contribution in [-0.2, 0) is 6.61 Å². The third-order valence-corrected chi connectivity index (χ3v) is 5.25. The van der Waals surface area contributed by atoms with Gasteiger partial charge in [0.2, 0.25) is 6.79 Å². The first-order valence-corrected chi connectivity index (χ1v) is 9.93. The molecule has 0 saturated carbocycles. The number of amides is 1. The van der Waals surface area contributed by atoms with Gasteiger partial charge in [-0.15, -0.1) is 11.3 Å². The number of thiazole rings is 1. The van der Waals surface area contributed by atoms with Crippen LogP contribution in [0, 0.1) is 0 Å². The fraction of sp³-hybridized carbons (Fsp3) is 0.0952. The summed E-state index contributed by atoms with van der Waals surface area (Å²) in [6.45, 7) is 0.333. The molecular formula is C21H15N3O5S. The predicted octanol–water partition coefficient (Wildman–Crippen LogP) is 3.32. The van der Waals surface area contributed by atoms with E-state index < -0.39 is 0 Å². The Bertz CT molecular complexity index is 1300. The summed E-state index contributed by atoms with van der Waals surface area (Å²) in [7, 11) is 0. The molecule has 0 fully saturated rings. The van der Waals surface area contributed by atoms with Crippen molar-refractivity contribution in [2.24, 2.45) is 0 Å². The summed E-state index contributed by atoms with van der Waals surface area (Å²) in [5.41, 5.74) is 1.52. The van der Waals surface area contributed by atoms with E-state index in [1.807, 2.05) is 5.38 Å². The molecule has 0 spiro atoms. The highest BCUT2D eigenvalue weighted by Crippen LogP contribution is 2.32. The maximum atomic E-state index is 12.4.